The number of nitrogens with zero attached hydrogens (tertiary/aromatic N) is 3. The Kier molecular flexibility index (Phi) is 4.58. The molecular formula is C20H17N3O2S. The van der Waals surface area contributed by atoms with Gasteiger partial charge in [0.15, 0.2) is 0 Å². The van der Waals surface area contributed by atoms with Gasteiger partial charge < -0.3 is 0 Å². The summed E-state index contributed by atoms with van der Waals surface area (Å²) in [7, 11) is 0. The summed E-state index contributed by atoms with van der Waals surface area (Å²) in [5.41, 5.74) is 2.93. The molecule has 2 amide bonds. The second-order valence-electron chi connectivity index (χ2n) is 6.12. The highest BCUT2D eigenvalue weighted by Gasteiger charge is 2.34. The number of fused-ring (bicyclic) bond motifs is 1. The van der Waals surface area contributed by atoms with Gasteiger partial charge in [0.25, 0.3) is 11.8 Å². The van der Waals surface area contributed by atoms with Gasteiger partial charge in [-0.25, -0.2) is 4.98 Å². The number of carbonyl (C=O) groups is 2. The Morgan fingerprint density at radius 3 is 2.35 bits per heavy atom. The molecule has 0 saturated heterocycles. The first kappa shape index (κ1) is 16.6. The Bertz CT molecular complexity index is 917. The third kappa shape index (κ3) is 3.15. The first-order valence-corrected chi connectivity index (χ1v) is 9.43. The summed E-state index contributed by atoms with van der Waals surface area (Å²) in [5, 5.41) is 2.97. The molecule has 5 nitrogen and oxygen atoms in total. The van der Waals surface area contributed by atoms with Crippen LogP contribution in [0.4, 0.5) is 0 Å². The van der Waals surface area contributed by atoms with Crippen LogP contribution in [0.5, 0.6) is 0 Å². The molecule has 0 bridgehead atoms. The van der Waals surface area contributed by atoms with Crippen molar-refractivity contribution in [1.29, 1.82) is 0 Å². The number of aromatic nitrogens is 2. The number of hydrogen-bond donors (Lipinski definition) is 0. The average Bonchev–Trinajstić information content (AvgIpc) is 3.25. The van der Waals surface area contributed by atoms with Crippen molar-refractivity contribution in [3.63, 3.8) is 0 Å². The van der Waals surface area contributed by atoms with Gasteiger partial charge in [0.05, 0.1) is 22.5 Å². The molecule has 1 aromatic carbocycles. The van der Waals surface area contributed by atoms with Gasteiger partial charge in [-0.2, -0.15) is 0 Å². The maximum Gasteiger partial charge on any atom is 0.261 e. The van der Waals surface area contributed by atoms with E-state index in [1.165, 1.54) is 4.90 Å². The highest BCUT2D eigenvalue weighted by molar-refractivity contribution is 7.13. The molecule has 0 fully saturated rings. The third-order valence-corrected chi connectivity index (χ3v) is 5.29. The van der Waals surface area contributed by atoms with Crippen LogP contribution >= 0.6 is 11.3 Å². The highest BCUT2D eigenvalue weighted by atomic mass is 32.1. The van der Waals surface area contributed by atoms with Crippen LogP contribution in [0.15, 0.2) is 54.0 Å². The second-order valence-corrected chi connectivity index (χ2v) is 6.98. The first-order chi connectivity index (χ1) is 12.7. The summed E-state index contributed by atoms with van der Waals surface area (Å²) in [6.45, 7) is 0.448. The standard InChI is InChI=1S/C20H17N3O2S/c24-19-15-8-1-2-9-16(15)20(25)23(19)12-6-4-7-14-13-26-18(22-14)17-10-3-5-11-21-17/h1-3,5,8-11,13H,4,6-7,12H2. The fourth-order valence-corrected chi connectivity index (χ4v) is 3.88. The lowest BCUT2D eigenvalue weighted by Crippen LogP contribution is -2.30. The Labute approximate surface area is 155 Å². The van der Waals surface area contributed by atoms with Gasteiger partial charge in [-0.05, 0) is 43.5 Å². The molecule has 26 heavy (non-hydrogen) atoms. The van der Waals surface area contributed by atoms with E-state index >= 15 is 0 Å². The van der Waals surface area contributed by atoms with Crippen LogP contribution < -0.4 is 0 Å². The molecule has 0 N–H and O–H groups in total. The molecule has 0 spiro atoms. The minimum Gasteiger partial charge on any atom is -0.274 e. The summed E-state index contributed by atoms with van der Waals surface area (Å²) in [5.74, 6) is -0.367. The summed E-state index contributed by atoms with van der Waals surface area (Å²) < 4.78 is 0. The molecule has 3 heterocycles. The van der Waals surface area contributed by atoms with Gasteiger partial charge in [0, 0.05) is 18.1 Å². The van der Waals surface area contributed by atoms with E-state index in [4.69, 9.17) is 0 Å². The molecule has 1 aliphatic heterocycles. The Balaban J connectivity index is 1.31. The molecule has 3 aromatic rings. The van der Waals surface area contributed by atoms with Gasteiger partial charge >= 0.3 is 0 Å². The fourth-order valence-electron chi connectivity index (χ4n) is 3.05. The van der Waals surface area contributed by atoms with E-state index in [0.29, 0.717) is 17.7 Å². The van der Waals surface area contributed by atoms with Crippen LogP contribution in [0.2, 0.25) is 0 Å². The van der Waals surface area contributed by atoms with Crippen molar-refractivity contribution in [2.45, 2.75) is 19.3 Å². The topological polar surface area (TPSA) is 63.2 Å². The first-order valence-electron chi connectivity index (χ1n) is 8.55. The molecule has 0 unspecified atom stereocenters. The molecule has 0 atom stereocenters. The third-order valence-electron chi connectivity index (χ3n) is 4.38. The van der Waals surface area contributed by atoms with E-state index < -0.39 is 0 Å². The predicted octanol–water partition coefficient (Wildman–Crippen LogP) is 3.82. The number of pyridine rings is 1. The van der Waals surface area contributed by atoms with E-state index in [9.17, 15) is 9.59 Å². The van der Waals surface area contributed by atoms with Gasteiger partial charge in [-0.15, -0.1) is 11.3 Å². The van der Waals surface area contributed by atoms with E-state index in [-0.39, 0.29) is 11.8 Å². The second kappa shape index (κ2) is 7.17. The van der Waals surface area contributed by atoms with Gasteiger partial charge in [-0.1, -0.05) is 18.2 Å². The Morgan fingerprint density at radius 2 is 1.65 bits per heavy atom. The number of hydrogen-bond acceptors (Lipinski definition) is 5. The zero-order valence-corrected chi connectivity index (χ0v) is 14.9. The van der Waals surface area contributed by atoms with Crippen LogP contribution in [-0.4, -0.2) is 33.2 Å². The summed E-state index contributed by atoms with van der Waals surface area (Å²) >= 11 is 1.59. The molecule has 0 saturated carbocycles. The number of benzene rings is 1. The number of amides is 2. The zero-order valence-electron chi connectivity index (χ0n) is 14.1. The maximum absolute atomic E-state index is 12.3. The number of thiazole rings is 1. The van der Waals surface area contributed by atoms with Gasteiger partial charge in [0.2, 0.25) is 0 Å². The van der Waals surface area contributed by atoms with Crippen LogP contribution in [0.3, 0.4) is 0 Å². The Hall–Kier alpha value is -2.86. The van der Waals surface area contributed by atoms with Crippen molar-refractivity contribution in [2.75, 3.05) is 6.54 Å². The molecule has 130 valence electrons. The van der Waals surface area contributed by atoms with Crippen molar-refractivity contribution in [2.24, 2.45) is 0 Å². The summed E-state index contributed by atoms with van der Waals surface area (Å²) in [6, 6.07) is 12.8. The molecule has 0 aliphatic carbocycles. The molecule has 6 heteroatoms. The number of imide groups is 1. The van der Waals surface area contributed by atoms with Crippen molar-refractivity contribution in [3.05, 3.63) is 70.9 Å². The summed E-state index contributed by atoms with van der Waals surface area (Å²) in [6.07, 6.45) is 4.23. The SMILES string of the molecule is O=C1c2ccccc2C(=O)N1CCCCc1csc(-c2ccccn2)n1. The fraction of sp³-hybridized carbons (Fsp3) is 0.200. The number of carbonyl (C=O) groups excluding carboxylic acids is 2. The average molecular weight is 363 g/mol. The highest BCUT2D eigenvalue weighted by Crippen LogP contribution is 2.24. The maximum atomic E-state index is 12.3. The minimum atomic E-state index is -0.184. The van der Waals surface area contributed by atoms with Crippen LogP contribution in [0, 0.1) is 0 Å². The smallest absolute Gasteiger partial charge is 0.261 e. The lowest BCUT2D eigenvalue weighted by molar-refractivity contribution is 0.0652. The van der Waals surface area contributed by atoms with Gasteiger partial charge in [-0.3, -0.25) is 19.5 Å². The largest absolute Gasteiger partial charge is 0.274 e. The van der Waals surface area contributed by atoms with Crippen molar-refractivity contribution < 1.29 is 9.59 Å². The summed E-state index contributed by atoms with van der Waals surface area (Å²) in [4.78, 5) is 34.9. The van der Waals surface area contributed by atoms with Crippen LogP contribution in [0.1, 0.15) is 39.3 Å². The van der Waals surface area contributed by atoms with Crippen LogP contribution in [0.25, 0.3) is 10.7 Å². The molecule has 2 aromatic heterocycles. The minimum absolute atomic E-state index is 0.184. The predicted molar refractivity (Wildman–Crippen MR) is 100 cm³/mol. The van der Waals surface area contributed by atoms with Crippen LogP contribution in [-0.2, 0) is 6.42 Å². The van der Waals surface area contributed by atoms with Crippen molar-refractivity contribution in [1.82, 2.24) is 14.9 Å². The van der Waals surface area contributed by atoms with E-state index in [1.807, 2.05) is 23.6 Å². The quantitative estimate of drug-likeness (QED) is 0.493. The van der Waals surface area contributed by atoms with Gasteiger partial charge in [0.1, 0.15) is 5.01 Å². The monoisotopic (exact) mass is 363 g/mol. The van der Waals surface area contributed by atoms with Crippen molar-refractivity contribution >= 4 is 23.2 Å². The molecule has 1 aliphatic rings. The van der Waals surface area contributed by atoms with E-state index in [0.717, 1.165) is 35.7 Å². The molecule has 0 radical (unpaired) electrons. The van der Waals surface area contributed by atoms with Crippen molar-refractivity contribution in [3.8, 4) is 10.7 Å². The number of rotatable bonds is 6. The molecule has 4 rings (SSSR count). The van der Waals surface area contributed by atoms with E-state index in [1.54, 1.807) is 41.8 Å². The molecular weight excluding hydrogens is 346 g/mol. The zero-order chi connectivity index (χ0) is 17.9. The lowest BCUT2D eigenvalue weighted by atomic mass is 10.1. The lowest BCUT2D eigenvalue weighted by Gasteiger charge is -2.13. The normalized spacial score (nSPS) is 13.3. The Morgan fingerprint density at radius 1 is 0.923 bits per heavy atom. The number of unbranched alkanes of at least 4 members (excludes halogenated alkanes) is 1. The number of aryl methyl sites for hydroxylation is 1. The van der Waals surface area contributed by atoms with E-state index in [2.05, 4.69) is 9.97 Å².